The monoisotopic (exact) mass is 323 g/mol. The molecule has 0 aliphatic carbocycles. The lowest BCUT2D eigenvalue weighted by molar-refractivity contribution is -0.133. The fourth-order valence-electron chi connectivity index (χ4n) is 2.97. The normalized spacial score (nSPS) is 30.7. The van der Waals surface area contributed by atoms with Gasteiger partial charge in [-0.15, -0.1) is 24.2 Å². The van der Waals surface area contributed by atoms with E-state index in [9.17, 15) is 4.79 Å². The molecule has 6 heteroatoms. The first-order chi connectivity index (χ1) is 9.64. The zero-order chi connectivity index (χ0) is 14.2. The lowest BCUT2D eigenvalue weighted by Crippen LogP contribution is -2.50. The van der Waals surface area contributed by atoms with E-state index < -0.39 is 5.54 Å². The van der Waals surface area contributed by atoms with Crippen molar-refractivity contribution in [1.82, 2.24) is 4.90 Å². The summed E-state index contributed by atoms with van der Waals surface area (Å²) in [6.07, 6.45) is 2.09. The highest BCUT2D eigenvalue weighted by Gasteiger charge is 2.54. The maximum Gasteiger partial charge on any atom is 0.244 e. The molecule has 0 saturated carbocycles. The molecule has 0 bridgehead atoms. The second-order valence-electron chi connectivity index (χ2n) is 5.49. The number of nitrogens with zero attached hydrogens (tertiary/aromatic N) is 2. The van der Waals surface area contributed by atoms with Gasteiger partial charge in [0.05, 0.1) is 17.0 Å². The van der Waals surface area contributed by atoms with Crippen molar-refractivity contribution in [3.63, 3.8) is 0 Å². The second-order valence-corrected chi connectivity index (χ2v) is 6.70. The predicted octanol–water partition coefficient (Wildman–Crippen LogP) is 1.94. The Kier molecular flexibility index (Phi) is 4.82. The third kappa shape index (κ3) is 2.89. The Bertz CT molecular complexity index is 562. The first kappa shape index (κ1) is 16.2. The van der Waals surface area contributed by atoms with Crippen LogP contribution >= 0.6 is 24.2 Å². The van der Waals surface area contributed by atoms with Gasteiger partial charge >= 0.3 is 0 Å². The number of thioether (sulfide) groups is 1. The fraction of sp³-hybridized carbons (Fsp3) is 0.467. The number of nitrogens with two attached hydrogens (primary N) is 1. The maximum atomic E-state index is 12.5. The van der Waals surface area contributed by atoms with Crippen LogP contribution in [0.15, 0.2) is 30.3 Å². The number of aryl methyl sites for hydroxylation is 1. The van der Waals surface area contributed by atoms with Gasteiger partial charge in [0.2, 0.25) is 5.91 Å². The van der Waals surface area contributed by atoms with Crippen molar-refractivity contribution in [1.29, 1.82) is 5.26 Å². The van der Waals surface area contributed by atoms with Gasteiger partial charge in [0.25, 0.3) is 0 Å². The van der Waals surface area contributed by atoms with Gasteiger partial charge in [0, 0.05) is 12.2 Å². The number of carbonyl (C=O) groups excluding carboxylic acids is 1. The molecular formula is C15H18ClN3OS. The molecule has 2 heterocycles. The molecule has 1 amide bonds. The minimum atomic E-state index is -0.803. The van der Waals surface area contributed by atoms with Crippen LogP contribution in [0.25, 0.3) is 0 Å². The third-order valence-electron chi connectivity index (χ3n) is 4.14. The van der Waals surface area contributed by atoms with Gasteiger partial charge in [-0.3, -0.25) is 4.79 Å². The molecule has 112 valence electrons. The molecule has 2 aliphatic heterocycles. The smallest absolute Gasteiger partial charge is 0.244 e. The van der Waals surface area contributed by atoms with Crippen LogP contribution in [0.5, 0.6) is 0 Å². The number of amides is 1. The Morgan fingerprint density at radius 2 is 2.14 bits per heavy atom. The SMILES string of the molecule is Cl.N#CC1CSC2CC(N)(CCc3ccccc3)C(=O)N12. The highest BCUT2D eigenvalue weighted by atomic mass is 35.5. The number of benzene rings is 1. The van der Waals surface area contributed by atoms with E-state index in [-0.39, 0.29) is 29.7 Å². The van der Waals surface area contributed by atoms with E-state index in [0.717, 1.165) is 6.42 Å². The van der Waals surface area contributed by atoms with Gasteiger partial charge in [-0.2, -0.15) is 5.26 Å². The molecule has 4 nitrogen and oxygen atoms in total. The first-order valence-electron chi connectivity index (χ1n) is 6.81. The van der Waals surface area contributed by atoms with Crippen LogP contribution in [0, 0.1) is 11.3 Å². The third-order valence-corrected chi connectivity index (χ3v) is 5.43. The van der Waals surface area contributed by atoms with E-state index in [1.54, 1.807) is 16.7 Å². The van der Waals surface area contributed by atoms with Crippen LogP contribution in [0.1, 0.15) is 18.4 Å². The van der Waals surface area contributed by atoms with Gasteiger partial charge in [-0.25, -0.2) is 0 Å². The summed E-state index contributed by atoms with van der Waals surface area (Å²) in [7, 11) is 0. The van der Waals surface area contributed by atoms with Crippen LogP contribution < -0.4 is 5.73 Å². The van der Waals surface area contributed by atoms with Crippen LogP contribution in [0.2, 0.25) is 0 Å². The highest BCUT2D eigenvalue weighted by molar-refractivity contribution is 8.00. The van der Waals surface area contributed by atoms with Crippen molar-refractivity contribution < 1.29 is 4.79 Å². The van der Waals surface area contributed by atoms with Crippen molar-refractivity contribution in [2.75, 3.05) is 5.75 Å². The minimum absolute atomic E-state index is 0. The number of fused-ring (bicyclic) bond motifs is 1. The molecule has 2 saturated heterocycles. The Balaban J connectivity index is 0.00000161. The van der Waals surface area contributed by atoms with Gasteiger partial charge in [0.1, 0.15) is 6.04 Å². The Morgan fingerprint density at radius 3 is 2.81 bits per heavy atom. The molecule has 1 aromatic rings. The van der Waals surface area contributed by atoms with E-state index in [1.165, 1.54) is 5.56 Å². The number of hydrogen-bond donors (Lipinski definition) is 1. The Hall–Kier alpha value is -1.22. The zero-order valence-corrected chi connectivity index (χ0v) is 13.2. The number of carbonyl (C=O) groups is 1. The topological polar surface area (TPSA) is 70.1 Å². The molecule has 3 rings (SSSR count). The van der Waals surface area contributed by atoms with Crippen LogP contribution in [-0.2, 0) is 11.2 Å². The van der Waals surface area contributed by atoms with E-state index in [1.807, 2.05) is 18.2 Å². The zero-order valence-electron chi connectivity index (χ0n) is 11.6. The standard InChI is InChI=1S/C15H17N3OS.ClH/c16-9-12-10-20-13-8-15(17,14(19)18(12)13)7-6-11-4-2-1-3-5-11;/h1-5,12-13H,6-8,10,17H2;1H. The van der Waals surface area contributed by atoms with Gasteiger partial charge in [-0.1, -0.05) is 30.3 Å². The molecule has 1 aromatic carbocycles. The van der Waals surface area contributed by atoms with E-state index >= 15 is 0 Å². The van der Waals surface area contributed by atoms with E-state index in [0.29, 0.717) is 18.6 Å². The molecule has 0 aromatic heterocycles. The number of halogens is 1. The molecule has 3 atom stereocenters. The van der Waals surface area contributed by atoms with Crippen LogP contribution in [0.4, 0.5) is 0 Å². The molecular weight excluding hydrogens is 306 g/mol. The Labute approximate surface area is 135 Å². The number of nitriles is 1. The summed E-state index contributed by atoms with van der Waals surface area (Å²) in [4.78, 5) is 14.2. The summed E-state index contributed by atoms with van der Waals surface area (Å²) >= 11 is 1.68. The van der Waals surface area contributed by atoms with E-state index in [4.69, 9.17) is 11.0 Å². The molecule has 0 spiro atoms. The number of rotatable bonds is 3. The summed E-state index contributed by atoms with van der Waals surface area (Å²) in [5.74, 6) is 0.664. The summed E-state index contributed by atoms with van der Waals surface area (Å²) < 4.78 is 0. The van der Waals surface area contributed by atoms with Crippen LogP contribution in [0.3, 0.4) is 0 Å². The lowest BCUT2D eigenvalue weighted by atomic mass is 9.90. The van der Waals surface area contributed by atoms with Gasteiger partial charge in [0.15, 0.2) is 0 Å². The largest absolute Gasteiger partial charge is 0.317 e. The first-order valence-corrected chi connectivity index (χ1v) is 7.86. The summed E-state index contributed by atoms with van der Waals surface area (Å²) in [6.45, 7) is 0. The maximum absolute atomic E-state index is 12.5. The average molecular weight is 324 g/mol. The number of hydrogen-bond acceptors (Lipinski definition) is 4. The van der Waals surface area contributed by atoms with Crippen molar-refractivity contribution in [2.24, 2.45) is 5.73 Å². The molecule has 2 N–H and O–H groups in total. The second kappa shape index (κ2) is 6.27. The highest BCUT2D eigenvalue weighted by Crippen LogP contribution is 2.42. The van der Waals surface area contributed by atoms with Crippen molar-refractivity contribution in [3.8, 4) is 6.07 Å². The van der Waals surface area contributed by atoms with Crippen molar-refractivity contribution >= 4 is 30.1 Å². The van der Waals surface area contributed by atoms with Crippen molar-refractivity contribution in [3.05, 3.63) is 35.9 Å². The molecule has 2 aliphatic rings. The molecule has 3 unspecified atom stereocenters. The summed E-state index contributed by atoms with van der Waals surface area (Å²) in [5, 5.41) is 9.20. The van der Waals surface area contributed by atoms with Gasteiger partial charge in [-0.05, 0) is 18.4 Å². The molecule has 2 fully saturated rings. The predicted molar refractivity (Wildman–Crippen MR) is 86.0 cm³/mol. The molecule has 21 heavy (non-hydrogen) atoms. The molecule has 0 radical (unpaired) electrons. The minimum Gasteiger partial charge on any atom is -0.317 e. The average Bonchev–Trinajstić information content (AvgIpc) is 2.97. The van der Waals surface area contributed by atoms with E-state index in [2.05, 4.69) is 18.2 Å². The van der Waals surface area contributed by atoms with Crippen LogP contribution in [-0.4, -0.2) is 33.5 Å². The fourth-order valence-corrected chi connectivity index (χ4v) is 4.43. The van der Waals surface area contributed by atoms with Crippen molar-refractivity contribution in [2.45, 2.75) is 36.2 Å². The Morgan fingerprint density at radius 1 is 1.43 bits per heavy atom. The quantitative estimate of drug-likeness (QED) is 0.922. The van der Waals surface area contributed by atoms with Gasteiger partial charge < -0.3 is 10.6 Å². The lowest BCUT2D eigenvalue weighted by Gasteiger charge is -2.24. The summed E-state index contributed by atoms with van der Waals surface area (Å²) in [5.41, 5.74) is 6.74. The summed E-state index contributed by atoms with van der Waals surface area (Å²) in [6, 6.07) is 12.0.